The van der Waals surface area contributed by atoms with E-state index in [9.17, 15) is 30.0 Å². The number of likely N-dealkylation sites (tertiary alicyclic amines) is 1. The van der Waals surface area contributed by atoms with Gasteiger partial charge in [0, 0.05) is 25.3 Å². The molecule has 0 aromatic carbocycles. The lowest BCUT2D eigenvalue weighted by molar-refractivity contribution is -0.255. The van der Waals surface area contributed by atoms with Gasteiger partial charge in [-0.1, -0.05) is 0 Å². The molecule has 0 aliphatic carbocycles. The first-order valence-electron chi connectivity index (χ1n) is 12.1. The third-order valence-corrected chi connectivity index (χ3v) is 7.59. The van der Waals surface area contributed by atoms with Crippen LogP contribution < -0.4 is 10.2 Å². The van der Waals surface area contributed by atoms with Gasteiger partial charge < -0.3 is 40.1 Å². The molecular formula is C23H32N4O8. The molecule has 0 radical (unpaired) electrons. The van der Waals surface area contributed by atoms with Gasteiger partial charge in [0.25, 0.3) is 0 Å². The van der Waals surface area contributed by atoms with Gasteiger partial charge >= 0.3 is 11.9 Å². The summed E-state index contributed by atoms with van der Waals surface area (Å²) in [4.78, 5) is 34.2. The molecule has 12 heteroatoms. The topological polar surface area (TPSA) is 165 Å². The smallest absolute Gasteiger partial charge is 0.339 e. The van der Waals surface area contributed by atoms with E-state index in [2.05, 4.69) is 10.3 Å². The van der Waals surface area contributed by atoms with E-state index in [-0.39, 0.29) is 18.5 Å². The zero-order chi connectivity index (χ0) is 24.7. The van der Waals surface area contributed by atoms with Crippen LogP contribution in [0.4, 0.5) is 5.69 Å². The minimum atomic E-state index is -2.15. The lowest BCUT2D eigenvalue weighted by Gasteiger charge is -2.58. The Labute approximate surface area is 202 Å². The summed E-state index contributed by atoms with van der Waals surface area (Å²) >= 11 is 0. The Hall–Kier alpha value is -2.35. The molecule has 5 rings (SSSR count). The maximum absolute atomic E-state index is 13.0. The Kier molecular flexibility index (Phi) is 6.68. The highest BCUT2D eigenvalue weighted by molar-refractivity contribution is 5.79. The van der Waals surface area contributed by atoms with Crippen molar-refractivity contribution in [2.45, 2.75) is 61.5 Å². The van der Waals surface area contributed by atoms with Crippen LogP contribution in [0.5, 0.6) is 0 Å². The summed E-state index contributed by atoms with van der Waals surface area (Å²) in [5, 5.41) is 44.6. The number of anilines is 1. The standard InChI is InChI=1S/C23H32N4O8/c28-16-17(29)19(31)21(33)35-23-8-13(10-26(12-23)15-2-1-5-25-9-15)11-27(14-3-6-24-7-4-14)22(23)34-20(32)18(16)30/h1-2,5,9,13-14,16-19,22,24,28-31H,3-4,6-8,10-12H2. The molecule has 4 saturated heterocycles. The van der Waals surface area contributed by atoms with Gasteiger partial charge in [-0.05, 0) is 50.4 Å². The first-order valence-corrected chi connectivity index (χ1v) is 12.1. The number of nitrogens with one attached hydrogen (secondary N) is 1. The number of carbonyl (C=O) groups is 2. The van der Waals surface area contributed by atoms with Crippen molar-refractivity contribution in [2.75, 3.05) is 37.6 Å². The molecule has 7 atom stereocenters. The van der Waals surface area contributed by atoms with Crippen molar-refractivity contribution in [3.63, 3.8) is 0 Å². The number of hydrogen-bond donors (Lipinski definition) is 5. The molecular weight excluding hydrogens is 460 g/mol. The first kappa shape index (κ1) is 24.3. The number of carbonyl (C=O) groups excluding carboxylic acids is 2. The molecule has 0 amide bonds. The van der Waals surface area contributed by atoms with Crippen molar-refractivity contribution in [3.8, 4) is 0 Å². The summed E-state index contributed by atoms with van der Waals surface area (Å²) in [5.41, 5.74) is -0.571. The maximum atomic E-state index is 13.0. The molecule has 7 unspecified atom stereocenters. The summed E-state index contributed by atoms with van der Waals surface area (Å²) < 4.78 is 11.8. The van der Waals surface area contributed by atoms with Gasteiger partial charge in [0.15, 0.2) is 24.0 Å². The quantitative estimate of drug-likeness (QED) is 0.278. The van der Waals surface area contributed by atoms with Crippen LogP contribution in [-0.2, 0) is 19.1 Å². The van der Waals surface area contributed by atoms with E-state index in [0.29, 0.717) is 19.5 Å². The highest BCUT2D eigenvalue weighted by atomic mass is 16.6. The van der Waals surface area contributed by atoms with Crippen molar-refractivity contribution >= 4 is 17.6 Å². The highest BCUT2D eigenvalue weighted by Gasteiger charge is 2.60. The third-order valence-electron chi connectivity index (χ3n) is 7.59. The van der Waals surface area contributed by atoms with Gasteiger partial charge in [-0.2, -0.15) is 0 Å². The molecule has 4 aliphatic rings. The minimum absolute atomic E-state index is 0.0420. The average Bonchev–Trinajstić information content (AvgIpc) is 2.88. The number of aromatic nitrogens is 1. The number of fused-ring (bicyclic) bond motifs is 1. The Morgan fingerprint density at radius 3 is 2.43 bits per heavy atom. The van der Waals surface area contributed by atoms with Crippen LogP contribution in [-0.4, -0.2) is 117 Å². The van der Waals surface area contributed by atoms with Crippen LogP contribution in [0, 0.1) is 5.92 Å². The number of esters is 2. The monoisotopic (exact) mass is 492 g/mol. The molecule has 1 aromatic heterocycles. The highest BCUT2D eigenvalue weighted by Crippen LogP contribution is 2.43. The Bertz CT molecular complexity index is 931. The zero-order valence-electron chi connectivity index (χ0n) is 19.3. The molecule has 12 nitrogen and oxygen atoms in total. The number of aliphatic hydroxyl groups is 4. The molecule has 2 bridgehead atoms. The van der Waals surface area contributed by atoms with Gasteiger partial charge in [-0.15, -0.1) is 0 Å². The molecule has 4 fully saturated rings. The van der Waals surface area contributed by atoms with Gasteiger partial charge in [-0.3, -0.25) is 9.88 Å². The Balaban J connectivity index is 1.57. The summed E-state index contributed by atoms with van der Waals surface area (Å²) in [6.45, 7) is 2.96. The molecule has 35 heavy (non-hydrogen) atoms. The molecule has 5 heterocycles. The SMILES string of the molecule is O=C1OC2N(C3CCNCC3)CC3CN(c4cccnc4)CC2(C3)OC(=O)C(O)C(O)C(O)C1O. The fourth-order valence-corrected chi connectivity index (χ4v) is 5.92. The summed E-state index contributed by atoms with van der Waals surface area (Å²) in [6.07, 6.45) is -4.29. The fraction of sp³-hybridized carbons (Fsp3) is 0.696. The average molecular weight is 493 g/mol. The maximum Gasteiger partial charge on any atom is 0.339 e. The number of hydrogen-bond acceptors (Lipinski definition) is 12. The zero-order valence-corrected chi connectivity index (χ0v) is 19.3. The second-order valence-electron chi connectivity index (χ2n) is 9.99. The van der Waals surface area contributed by atoms with E-state index in [4.69, 9.17) is 9.47 Å². The second kappa shape index (κ2) is 9.60. The lowest BCUT2D eigenvalue weighted by atomic mass is 9.77. The third kappa shape index (κ3) is 4.50. The van der Waals surface area contributed by atoms with E-state index in [1.54, 1.807) is 18.5 Å². The molecule has 4 aliphatic heterocycles. The number of nitrogens with zero attached hydrogens (tertiary/aromatic N) is 3. The van der Waals surface area contributed by atoms with Crippen molar-refractivity contribution in [1.82, 2.24) is 15.2 Å². The summed E-state index contributed by atoms with van der Waals surface area (Å²) in [7, 11) is 0. The Morgan fingerprint density at radius 1 is 1.03 bits per heavy atom. The van der Waals surface area contributed by atoms with Crippen LogP contribution in [0.3, 0.4) is 0 Å². The number of piperidine rings is 3. The van der Waals surface area contributed by atoms with Gasteiger partial charge in [0.2, 0.25) is 0 Å². The van der Waals surface area contributed by atoms with Crippen molar-refractivity contribution in [1.29, 1.82) is 0 Å². The molecule has 0 saturated carbocycles. The molecule has 1 spiro atoms. The van der Waals surface area contributed by atoms with Gasteiger partial charge in [0.05, 0.1) is 18.4 Å². The minimum Gasteiger partial charge on any atom is -0.450 e. The molecule has 192 valence electrons. The summed E-state index contributed by atoms with van der Waals surface area (Å²) in [5.74, 6) is -2.25. The first-order chi connectivity index (χ1) is 16.8. The van der Waals surface area contributed by atoms with E-state index in [1.807, 2.05) is 15.9 Å². The van der Waals surface area contributed by atoms with Crippen molar-refractivity contribution < 1.29 is 39.5 Å². The van der Waals surface area contributed by atoms with Crippen LogP contribution >= 0.6 is 0 Å². The van der Waals surface area contributed by atoms with E-state index < -0.39 is 48.2 Å². The number of rotatable bonds is 2. The molecule has 1 aromatic rings. The number of aliphatic hydroxyl groups excluding tert-OH is 4. The van der Waals surface area contributed by atoms with E-state index in [1.165, 1.54) is 0 Å². The predicted molar refractivity (Wildman–Crippen MR) is 120 cm³/mol. The number of pyridine rings is 1. The van der Waals surface area contributed by atoms with Crippen LogP contribution in [0.25, 0.3) is 0 Å². The molecule has 5 N–H and O–H groups in total. The fourth-order valence-electron chi connectivity index (χ4n) is 5.92. The van der Waals surface area contributed by atoms with Gasteiger partial charge in [0.1, 0.15) is 12.2 Å². The predicted octanol–water partition coefficient (Wildman–Crippen LogP) is -2.42. The largest absolute Gasteiger partial charge is 0.450 e. The lowest BCUT2D eigenvalue weighted by Crippen LogP contribution is -2.73. The van der Waals surface area contributed by atoms with Crippen LogP contribution in [0.2, 0.25) is 0 Å². The Morgan fingerprint density at radius 2 is 1.74 bits per heavy atom. The number of ether oxygens (including phenoxy) is 2. The van der Waals surface area contributed by atoms with E-state index in [0.717, 1.165) is 31.6 Å². The normalized spacial score (nSPS) is 39.4. The van der Waals surface area contributed by atoms with Gasteiger partial charge in [-0.25, -0.2) is 9.59 Å². The van der Waals surface area contributed by atoms with Crippen molar-refractivity contribution in [3.05, 3.63) is 24.5 Å². The van der Waals surface area contributed by atoms with Crippen LogP contribution in [0.15, 0.2) is 24.5 Å². The van der Waals surface area contributed by atoms with Crippen LogP contribution in [0.1, 0.15) is 19.3 Å². The summed E-state index contributed by atoms with van der Waals surface area (Å²) in [6, 6.07) is 3.73. The second-order valence-corrected chi connectivity index (χ2v) is 9.99. The van der Waals surface area contributed by atoms with Crippen molar-refractivity contribution in [2.24, 2.45) is 5.92 Å². The van der Waals surface area contributed by atoms with E-state index >= 15 is 0 Å².